The van der Waals surface area contributed by atoms with Crippen LogP contribution in [0.2, 0.25) is 5.02 Å². The van der Waals surface area contributed by atoms with Gasteiger partial charge < -0.3 is 10.2 Å². The Labute approximate surface area is 102 Å². The van der Waals surface area contributed by atoms with Crippen LogP contribution in [0.1, 0.15) is 38.2 Å². The van der Waals surface area contributed by atoms with E-state index in [1.54, 1.807) is 0 Å². The number of hydrogen-bond acceptors (Lipinski definition) is 2. The highest BCUT2D eigenvalue weighted by atomic mass is 35.5. The molecule has 2 nitrogen and oxygen atoms in total. The molecule has 0 saturated heterocycles. The lowest BCUT2D eigenvalue weighted by Gasteiger charge is -2.20. The third-order valence-electron chi connectivity index (χ3n) is 2.90. The molecule has 0 spiro atoms. The second kappa shape index (κ2) is 6.24. The molecule has 2 N–H and O–H groups in total. The lowest BCUT2D eigenvalue weighted by molar-refractivity contribution is 0.00953. The van der Waals surface area contributed by atoms with Crippen LogP contribution in [0.25, 0.3) is 0 Å². The van der Waals surface area contributed by atoms with Gasteiger partial charge in [0, 0.05) is 5.02 Å². The van der Waals surface area contributed by atoms with Crippen LogP contribution in [-0.2, 0) is 0 Å². The topological polar surface area (TPSA) is 40.5 Å². The molecule has 0 heterocycles. The predicted octanol–water partition coefficient (Wildman–Crippen LogP) is 2.97. The number of halogens is 1. The molecular formula is C13H19ClO2. The largest absolute Gasteiger partial charge is 0.390 e. The van der Waals surface area contributed by atoms with E-state index in [-0.39, 0.29) is 5.92 Å². The van der Waals surface area contributed by atoms with Gasteiger partial charge in [0.1, 0.15) is 0 Å². The van der Waals surface area contributed by atoms with E-state index in [1.807, 2.05) is 38.1 Å². The van der Waals surface area contributed by atoms with Gasteiger partial charge in [-0.2, -0.15) is 0 Å². The Kier molecular flexibility index (Phi) is 5.26. The van der Waals surface area contributed by atoms with E-state index in [4.69, 9.17) is 11.6 Å². The van der Waals surface area contributed by atoms with Gasteiger partial charge >= 0.3 is 0 Å². The molecule has 1 aromatic rings. The summed E-state index contributed by atoms with van der Waals surface area (Å²) in [6.07, 6.45) is -0.143. The minimum atomic E-state index is -0.657. The molecule has 0 saturated carbocycles. The fraction of sp³-hybridized carbons (Fsp3) is 0.538. The molecule has 1 aromatic carbocycles. The van der Waals surface area contributed by atoms with Crippen LogP contribution >= 0.6 is 11.6 Å². The number of rotatable bonds is 5. The Hall–Kier alpha value is -0.570. The van der Waals surface area contributed by atoms with Crippen molar-refractivity contribution in [1.29, 1.82) is 0 Å². The molecule has 0 bridgehead atoms. The van der Waals surface area contributed by atoms with Gasteiger partial charge in [-0.1, -0.05) is 37.6 Å². The maximum absolute atomic E-state index is 9.73. The summed E-state index contributed by atoms with van der Waals surface area (Å²) in [7, 11) is 0. The molecule has 3 atom stereocenters. The highest BCUT2D eigenvalue weighted by Crippen LogP contribution is 2.23. The summed E-state index contributed by atoms with van der Waals surface area (Å²) in [5.74, 6) is 0.216. The van der Waals surface area contributed by atoms with Gasteiger partial charge in [0.05, 0.1) is 12.2 Å². The average molecular weight is 243 g/mol. The highest BCUT2D eigenvalue weighted by molar-refractivity contribution is 6.30. The van der Waals surface area contributed by atoms with Gasteiger partial charge in [-0.25, -0.2) is 0 Å². The smallest absolute Gasteiger partial charge is 0.0804 e. The van der Waals surface area contributed by atoms with E-state index in [2.05, 4.69) is 0 Å². The second-order valence-corrected chi connectivity index (χ2v) is 4.67. The van der Waals surface area contributed by atoms with Gasteiger partial charge in [-0.3, -0.25) is 0 Å². The van der Waals surface area contributed by atoms with Gasteiger partial charge in [-0.05, 0) is 36.5 Å². The van der Waals surface area contributed by atoms with Gasteiger partial charge in [-0.15, -0.1) is 0 Å². The van der Waals surface area contributed by atoms with Crippen LogP contribution in [0.5, 0.6) is 0 Å². The second-order valence-electron chi connectivity index (χ2n) is 4.23. The summed E-state index contributed by atoms with van der Waals surface area (Å²) >= 11 is 5.81. The van der Waals surface area contributed by atoms with Crippen LogP contribution in [0.4, 0.5) is 0 Å². The first-order valence-electron chi connectivity index (χ1n) is 5.66. The maximum Gasteiger partial charge on any atom is 0.0804 e. The summed E-state index contributed by atoms with van der Waals surface area (Å²) in [5, 5.41) is 19.9. The Morgan fingerprint density at radius 1 is 1.12 bits per heavy atom. The van der Waals surface area contributed by atoms with Crippen LogP contribution in [0, 0.1) is 0 Å². The van der Waals surface area contributed by atoms with E-state index in [1.165, 1.54) is 0 Å². The summed E-state index contributed by atoms with van der Waals surface area (Å²) in [6.45, 7) is 3.90. The monoisotopic (exact) mass is 242 g/mol. The maximum atomic E-state index is 9.73. The number of aliphatic hydroxyl groups excluding tert-OH is 2. The van der Waals surface area contributed by atoms with Gasteiger partial charge in [0.15, 0.2) is 0 Å². The Morgan fingerprint density at radius 3 is 2.19 bits per heavy atom. The fourth-order valence-corrected chi connectivity index (χ4v) is 1.84. The molecule has 3 unspecified atom stereocenters. The molecular weight excluding hydrogens is 224 g/mol. The van der Waals surface area contributed by atoms with Crippen molar-refractivity contribution >= 4 is 11.6 Å². The van der Waals surface area contributed by atoms with Crippen molar-refractivity contribution in [2.24, 2.45) is 0 Å². The predicted molar refractivity (Wildman–Crippen MR) is 66.8 cm³/mol. The zero-order chi connectivity index (χ0) is 12.1. The number of benzene rings is 1. The fourth-order valence-electron chi connectivity index (χ4n) is 1.72. The molecule has 0 aliphatic rings. The van der Waals surface area contributed by atoms with E-state index < -0.39 is 12.2 Å². The third kappa shape index (κ3) is 3.78. The summed E-state index contributed by atoms with van der Waals surface area (Å²) < 4.78 is 0. The Balaban J connectivity index is 2.58. The van der Waals surface area contributed by atoms with E-state index >= 15 is 0 Å². The van der Waals surface area contributed by atoms with Crippen molar-refractivity contribution in [2.45, 2.75) is 44.8 Å². The van der Waals surface area contributed by atoms with Gasteiger partial charge in [0.25, 0.3) is 0 Å². The average Bonchev–Trinajstić information content (AvgIpc) is 2.28. The molecule has 0 aliphatic heterocycles. The van der Waals surface area contributed by atoms with Crippen molar-refractivity contribution in [3.63, 3.8) is 0 Å². The van der Waals surface area contributed by atoms with Crippen LogP contribution in [0.15, 0.2) is 24.3 Å². The molecule has 16 heavy (non-hydrogen) atoms. The molecule has 0 aromatic heterocycles. The number of aliphatic hydroxyl groups is 2. The zero-order valence-electron chi connectivity index (χ0n) is 9.73. The SMILES string of the molecule is CCC(O)C(O)CC(C)c1ccc(Cl)cc1. The van der Waals surface area contributed by atoms with Crippen molar-refractivity contribution in [3.05, 3.63) is 34.9 Å². The van der Waals surface area contributed by atoms with Crippen LogP contribution in [0.3, 0.4) is 0 Å². The molecule has 0 fully saturated rings. The zero-order valence-corrected chi connectivity index (χ0v) is 10.5. The Bertz CT molecular complexity index is 310. The van der Waals surface area contributed by atoms with Crippen LogP contribution < -0.4 is 0 Å². The van der Waals surface area contributed by atoms with E-state index in [0.29, 0.717) is 17.9 Å². The third-order valence-corrected chi connectivity index (χ3v) is 3.15. The van der Waals surface area contributed by atoms with Crippen molar-refractivity contribution in [2.75, 3.05) is 0 Å². The first-order valence-corrected chi connectivity index (χ1v) is 6.04. The molecule has 0 aliphatic carbocycles. The number of hydrogen-bond donors (Lipinski definition) is 2. The summed E-state index contributed by atoms with van der Waals surface area (Å²) in [4.78, 5) is 0. The van der Waals surface area contributed by atoms with Crippen molar-refractivity contribution in [1.82, 2.24) is 0 Å². The normalized spacial score (nSPS) is 16.8. The summed E-state index contributed by atoms with van der Waals surface area (Å²) in [6, 6.07) is 7.60. The van der Waals surface area contributed by atoms with Crippen LogP contribution in [-0.4, -0.2) is 22.4 Å². The molecule has 90 valence electrons. The molecule has 3 heteroatoms. The van der Waals surface area contributed by atoms with E-state index in [0.717, 1.165) is 5.56 Å². The summed E-state index contributed by atoms with van der Waals surface area (Å²) in [5.41, 5.74) is 1.13. The highest BCUT2D eigenvalue weighted by Gasteiger charge is 2.18. The molecule has 1 rings (SSSR count). The lowest BCUT2D eigenvalue weighted by Crippen LogP contribution is -2.26. The Morgan fingerprint density at radius 2 is 1.69 bits per heavy atom. The first kappa shape index (κ1) is 13.5. The molecule has 0 amide bonds. The minimum Gasteiger partial charge on any atom is -0.390 e. The first-order chi connectivity index (χ1) is 7.54. The van der Waals surface area contributed by atoms with Crippen molar-refractivity contribution in [3.8, 4) is 0 Å². The minimum absolute atomic E-state index is 0.216. The van der Waals surface area contributed by atoms with Gasteiger partial charge in [0.2, 0.25) is 0 Å². The quantitative estimate of drug-likeness (QED) is 0.834. The van der Waals surface area contributed by atoms with E-state index in [9.17, 15) is 10.2 Å². The lowest BCUT2D eigenvalue weighted by atomic mass is 9.92. The van der Waals surface area contributed by atoms with Crippen molar-refractivity contribution < 1.29 is 10.2 Å². The molecule has 0 radical (unpaired) electrons. The standard InChI is InChI=1S/C13H19ClO2/c1-3-12(15)13(16)8-9(2)10-4-6-11(14)7-5-10/h4-7,9,12-13,15-16H,3,8H2,1-2H3.